The number of unbranched alkanes of at least 4 members (excludes halogenated alkanes) is 10. The highest BCUT2D eigenvalue weighted by Crippen LogP contribution is 2.15. The summed E-state index contributed by atoms with van der Waals surface area (Å²) in [7, 11) is 0.206. The Bertz CT molecular complexity index is 149. The fourth-order valence-electron chi connectivity index (χ4n) is 2.68. The lowest BCUT2D eigenvalue weighted by Crippen LogP contribution is -2.15. The van der Waals surface area contributed by atoms with E-state index in [0.29, 0.717) is 0 Å². The van der Waals surface area contributed by atoms with E-state index in [4.69, 9.17) is 4.12 Å². The lowest BCUT2D eigenvalue weighted by atomic mass is 10.1. The Morgan fingerprint density at radius 3 is 1.37 bits per heavy atom. The zero-order valence-electron chi connectivity index (χ0n) is 13.9. The maximum absolute atomic E-state index is 5.88. The molecule has 1 nitrogen and oxygen atoms in total. The zero-order chi connectivity index (χ0) is 14.2. The van der Waals surface area contributed by atoms with Crippen LogP contribution in [0.1, 0.15) is 90.9 Å². The van der Waals surface area contributed by atoms with Crippen molar-refractivity contribution in [3.8, 4) is 0 Å². The standard InChI is InChI=1S/C16H38OSi2/c1-3-5-7-9-11-13-15-19(17-18)16-14-12-10-8-6-4-2/h19H,3-16H2,1-2,18H3. The van der Waals surface area contributed by atoms with Gasteiger partial charge in [-0.05, 0) is 12.1 Å². The quantitative estimate of drug-likeness (QED) is 0.314. The number of rotatable bonds is 15. The maximum Gasteiger partial charge on any atom is 0.162 e. The highest BCUT2D eigenvalue weighted by molar-refractivity contribution is 6.55. The first kappa shape index (κ1) is 19.4. The zero-order valence-corrected chi connectivity index (χ0v) is 17.0. The van der Waals surface area contributed by atoms with Crippen LogP contribution in [0.3, 0.4) is 0 Å². The Hall–Kier alpha value is 0.394. The molecule has 0 spiro atoms. The highest BCUT2D eigenvalue weighted by Gasteiger charge is 2.08. The van der Waals surface area contributed by atoms with Crippen LogP contribution in [0.5, 0.6) is 0 Å². The Kier molecular flexibility index (Phi) is 16.8. The number of hydrogen-bond acceptors (Lipinski definition) is 1. The van der Waals surface area contributed by atoms with Gasteiger partial charge in [0.1, 0.15) is 10.5 Å². The van der Waals surface area contributed by atoms with E-state index in [1.165, 1.54) is 89.1 Å². The molecule has 0 bridgehead atoms. The second-order valence-corrected chi connectivity index (χ2v) is 10.3. The molecule has 3 heteroatoms. The molecule has 19 heavy (non-hydrogen) atoms. The summed E-state index contributed by atoms with van der Waals surface area (Å²) in [6.07, 6.45) is 17.2. The summed E-state index contributed by atoms with van der Waals surface area (Å²) in [5.74, 6) is 0. The Labute approximate surface area is 127 Å². The summed E-state index contributed by atoms with van der Waals surface area (Å²) in [6.45, 7) is 4.58. The molecule has 0 saturated carbocycles. The van der Waals surface area contributed by atoms with Gasteiger partial charge in [-0.15, -0.1) is 0 Å². The third-order valence-corrected chi connectivity index (χ3v) is 8.86. The summed E-state index contributed by atoms with van der Waals surface area (Å²) >= 11 is 0. The van der Waals surface area contributed by atoms with Crippen LogP contribution in [0.2, 0.25) is 12.1 Å². The van der Waals surface area contributed by atoms with Crippen LogP contribution in [0.25, 0.3) is 0 Å². The summed E-state index contributed by atoms with van der Waals surface area (Å²) in [4.78, 5) is 0. The van der Waals surface area contributed by atoms with Gasteiger partial charge >= 0.3 is 0 Å². The van der Waals surface area contributed by atoms with E-state index in [2.05, 4.69) is 13.8 Å². The predicted molar refractivity (Wildman–Crippen MR) is 94.5 cm³/mol. The highest BCUT2D eigenvalue weighted by atomic mass is 28.3. The van der Waals surface area contributed by atoms with Crippen LogP contribution >= 0.6 is 0 Å². The second-order valence-electron chi connectivity index (χ2n) is 5.97. The van der Waals surface area contributed by atoms with E-state index in [1.807, 2.05) is 0 Å². The van der Waals surface area contributed by atoms with Crippen LogP contribution in [0.15, 0.2) is 0 Å². The molecule has 0 fully saturated rings. The average molecular weight is 303 g/mol. The van der Waals surface area contributed by atoms with Crippen LogP contribution in [-0.2, 0) is 4.12 Å². The summed E-state index contributed by atoms with van der Waals surface area (Å²) in [5.41, 5.74) is 0. The lowest BCUT2D eigenvalue weighted by Gasteiger charge is -2.13. The molecule has 0 radical (unpaired) electrons. The molecule has 0 atom stereocenters. The minimum atomic E-state index is -0.769. The predicted octanol–water partition coefficient (Wildman–Crippen LogP) is 4.73. The topological polar surface area (TPSA) is 9.23 Å². The molecular weight excluding hydrogens is 264 g/mol. The van der Waals surface area contributed by atoms with Crippen molar-refractivity contribution in [2.75, 3.05) is 0 Å². The van der Waals surface area contributed by atoms with Gasteiger partial charge < -0.3 is 4.12 Å². The molecule has 0 heterocycles. The van der Waals surface area contributed by atoms with Gasteiger partial charge in [0.25, 0.3) is 0 Å². The Balaban J connectivity index is 3.30. The lowest BCUT2D eigenvalue weighted by molar-refractivity contribution is 0.575. The normalized spacial score (nSPS) is 11.5. The van der Waals surface area contributed by atoms with E-state index in [0.717, 1.165) is 10.5 Å². The molecular formula is C16H38OSi2. The van der Waals surface area contributed by atoms with Crippen LogP contribution in [0.4, 0.5) is 0 Å². The van der Waals surface area contributed by atoms with Crippen molar-refractivity contribution in [1.82, 2.24) is 0 Å². The van der Waals surface area contributed by atoms with Gasteiger partial charge in [0, 0.05) is 0 Å². The van der Waals surface area contributed by atoms with Gasteiger partial charge in [0.15, 0.2) is 9.04 Å². The molecule has 0 N–H and O–H groups in total. The van der Waals surface area contributed by atoms with Crippen LogP contribution in [0, 0.1) is 0 Å². The van der Waals surface area contributed by atoms with E-state index >= 15 is 0 Å². The first-order valence-corrected chi connectivity index (χ1v) is 11.8. The average Bonchev–Trinajstić information content (AvgIpc) is 2.44. The molecule has 0 aromatic carbocycles. The smallest absolute Gasteiger partial charge is 0.162 e. The van der Waals surface area contributed by atoms with Gasteiger partial charge in [0.2, 0.25) is 0 Å². The van der Waals surface area contributed by atoms with E-state index in [9.17, 15) is 0 Å². The van der Waals surface area contributed by atoms with Gasteiger partial charge in [0.05, 0.1) is 0 Å². The first-order chi connectivity index (χ1) is 9.35. The van der Waals surface area contributed by atoms with Crippen molar-refractivity contribution in [2.24, 2.45) is 0 Å². The molecule has 0 rings (SSSR count). The van der Waals surface area contributed by atoms with Crippen molar-refractivity contribution in [3.05, 3.63) is 0 Å². The first-order valence-electron chi connectivity index (χ1n) is 8.87. The molecule has 0 aliphatic rings. The van der Waals surface area contributed by atoms with Crippen molar-refractivity contribution >= 4 is 19.5 Å². The van der Waals surface area contributed by atoms with Crippen LogP contribution in [-0.4, -0.2) is 19.5 Å². The summed E-state index contributed by atoms with van der Waals surface area (Å²) < 4.78 is 5.88. The SMILES string of the molecule is CCCCCCCC[SiH](CCCCCCCC)O[SiH3]. The summed E-state index contributed by atoms with van der Waals surface area (Å²) in [6, 6.07) is 2.90. The summed E-state index contributed by atoms with van der Waals surface area (Å²) in [5, 5.41) is 0. The maximum atomic E-state index is 5.88. The minimum absolute atomic E-state index is 0.769. The monoisotopic (exact) mass is 302 g/mol. The van der Waals surface area contributed by atoms with Gasteiger partial charge in [-0.3, -0.25) is 0 Å². The van der Waals surface area contributed by atoms with Gasteiger partial charge in [-0.2, -0.15) is 0 Å². The number of hydrogen-bond donors (Lipinski definition) is 0. The Morgan fingerprint density at radius 1 is 0.632 bits per heavy atom. The molecule has 0 aromatic heterocycles. The molecule has 0 amide bonds. The minimum Gasteiger partial charge on any atom is -0.465 e. The van der Waals surface area contributed by atoms with E-state index in [1.54, 1.807) is 0 Å². The van der Waals surface area contributed by atoms with Crippen LogP contribution < -0.4 is 0 Å². The molecule has 0 unspecified atom stereocenters. The van der Waals surface area contributed by atoms with E-state index in [-0.39, 0.29) is 0 Å². The second kappa shape index (κ2) is 16.4. The molecule has 0 saturated heterocycles. The fourth-order valence-corrected chi connectivity index (χ4v) is 6.35. The molecule has 116 valence electrons. The van der Waals surface area contributed by atoms with Crippen molar-refractivity contribution < 1.29 is 4.12 Å². The van der Waals surface area contributed by atoms with Gasteiger partial charge in [-0.25, -0.2) is 0 Å². The van der Waals surface area contributed by atoms with Gasteiger partial charge in [-0.1, -0.05) is 90.9 Å². The third kappa shape index (κ3) is 14.6. The van der Waals surface area contributed by atoms with Crippen molar-refractivity contribution in [3.63, 3.8) is 0 Å². The van der Waals surface area contributed by atoms with Crippen molar-refractivity contribution in [1.29, 1.82) is 0 Å². The van der Waals surface area contributed by atoms with E-state index < -0.39 is 9.04 Å². The van der Waals surface area contributed by atoms with Crippen molar-refractivity contribution in [2.45, 2.75) is 103 Å². The largest absolute Gasteiger partial charge is 0.465 e. The molecule has 0 aliphatic carbocycles. The third-order valence-electron chi connectivity index (χ3n) is 4.09. The molecule has 0 aliphatic heterocycles. The Morgan fingerprint density at radius 2 is 1.00 bits per heavy atom. The fraction of sp³-hybridized carbons (Fsp3) is 1.00. The molecule has 0 aromatic rings.